The molecule has 0 aliphatic rings. The van der Waals surface area contributed by atoms with Crippen LogP contribution in [0.5, 0.6) is 0 Å². The third kappa shape index (κ3) is 8.82. The zero-order valence-electron chi connectivity index (χ0n) is 22.4. The molecule has 0 fully saturated rings. The molecule has 2 N–H and O–H groups in total. The van der Waals surface area contributed by atoms with Gasteiger partial charge in [-0.3, -0.25) is 14.4 Å². The molecule has 2 amide bonds. The van der Waals surface area contributed by atoms with E-state index in [1.54, 1.807) is 30.3 Å². The van der Waals surface area contributed by atoms with E-state index < -0.39 is 6.04 Å². The summed E-state index contributed by atoms with van der Waals surface area (Å²) in [4.78, 5) is 40.8. The summed E-state index contributed by atoms with van der Waals surface area (Å²) >= 11 is 0. The SMILES string of the molecule is CCCCC(NC(=O)c1ccccc1C=Cc1ccc(CN(C)C)cc1)C(=O)CNC(=O)c1ccccc1. The Balaban J connectivity index is 1.68. The minimum Gasteiger partial charge on any atom is -0.345 e. The standard InChI is InChI=1S/C32H37N3O3/c1-4-5-15-29(30(36)22-33-31(37)27-12-7-6-8-13-27)34-32(38)28-14-10-9-11-26(28)21-20-24-16-18-25(19-17-24)23-35(2)3/h6-14,16-21,29H,4-5,15,22-23H2,1-3H3,(H,33,37)(H,34,38). The smallest absolute Gasteiger partial charge is 0.252 e. The molecule has 0 radical (unpaired) electrons. The number of nitrogens with zero attached hydrogens (tertiary/aromatic N) is 1. The zero-order valence-corrected chi connectivity index (χ0v) is 22.4. The molecule has 0 heterocycles. The van der Waals surface area contributed by atoms with Gasteiger partial charge in [-0.05, 0) is 55.4 Å². The highest BCUT2D eigenvalue weighted by Crippen LogP contribution is 2.15. The lowest BCUT2D eigenvalue weighted by Crippen LogP contribution is -2.45. The van der Waals surface area contributed by atoms with Crippen LogP contribution in [0.1, 0.15) is 63.6 Å². The van der Waals surface area contributed by atoms with Crippen LogP contribution < -0.4 is 10.6 Å². The van der Waals surface area contributed by atoms with Gasteiger partial charge in [0, 0.05) is 17.7 Å². The fraction of sp³-hybridized carbons (Fsp3) is 0.281. The van der Waals surface area contributed by atoms with Gasteiger partial charge in [0.2, 0.25) is 0 Å². The molecule has 3 rings (SSSR count). The molecule has 1 unspecified atom stereocenters. The van der Waals surface area contributed by atoms with E-state index >= 15 is 0 Å². The third-order valence-corrected chi connectivity index (χ3v) is 6.14. The second-order valence-electron chi connectivity index (χ2n) is 9.58. The van der Waals surface area contributed by atoms with E-state index in [1.165, 1.54) is 5.56 Å². The summed E-state index contributed by atoms with van der Waals surface area (Å²) in [5.74, 6) is -0.845. The van der Waals surface area contributed by atoms with Crippen molar-refractivity contribution in [2.24, 2.45) is 0 Å². The first-order chi connectivity index (χ1) is 18.4. The van der Waals surface area contributed by atoms with E-state index in [0.29, 0.717) is 17.5 Å². The second kappa shape index (κ2) is 14.6. The van der Waals surface area contributed by atoms with Crippen molar-refractivity contribution >= 4 is 29.7 Å². The van der Waals surface area contributed by atoms with Gasteiger partial charge in [0.25, 0.3) is 11.8 Å². The first kappa shape index (κ1) is 28.5. The minimum absolute atomic E-state index is 0.145. The molecule has 1 atom stereocenters. The van der Waals surface area contributed by atoms with Crippen LogP contribution in [0.4, 0.5) is 0 Å². The van der Waals surface area contributed by atoms with Crippen LogP contribution in [-0.2, 0) is 11.3 Å². The lowest BCUT2D eigenvalue weighted by atomic mass is 10.0. The van der Waals surface area contributed by atoms with Crippen molar-refractivity contribution in [3.63, 3.8) is 0 Å². The first-order valence-electron chi connectivity index (χ1n) is 13.0. The van der Waals surface area contributed by atoms with Crippen LogP contribution in [0.15, 0.2) is 78.9 Å². The molecule has 0 aliphatic heterocycles. The van der Waals surface area contributed by atoms with Crippen molar-refractivity contribution in [3.8, 4) is 0 Å². The third-order valence-electron chi connectivity index (χ3n) is 6.14. The van der Waals surface area contributed by atoms with E-state index in [4.69, 9.17) is 0 Å². The van der Waals surface area contributed by atoms with Gasteiger partial charge in [0.05, 0.1) is 12.6 Å². The molecule has 0 saturated carbocycles. The largest absolute Gasteiger partial charge is 0.345 e. The van der Waals surface area contributed by atoms with Crippen LogP contribution in [0.2, 0.25) is 0 Å². The van der Waals surface area contributed by atoms with Crippen LogP contribution >= 0.6 is 0 Å². The number of carbonyl (C=O) groups excluding carboxylic acids is 3. The molecule has 3 aromatic carbocycles. The Morgan fingerprint density at radius 2 is 1.53 bits per heavy atom. The Morgan fingerprint density at radius 1 is 0.842 bits per heavy atom. The highest BCUT2D eigenvalue weighted by Gasteiger charge is 2.22. The lowest BCUT2D eigenvalue weighted by molar-refractivity contribution is -0.120. The monoisotopic (exact) mass is 511 g/mol. The summed E-state index contributed by atoms with van der Waals surface area (Å²) in [5.41, 5.74) is 4.02. The van der Waals surface area contributed by atoms with Crippen LogP contribution in [0.3, 0.4) is 0 Å². The Kier molecular flexibility index (Phi) is 11.0. The molecule has 0 aromatic heterocycles. The highest BCUT2D eigenvalue weighted by atomic mass is 16.2. The zero-order chi connectivity index (χ0) is 27.3. The molecule has 3 aromatic rings. The van der Waals surface area contributed by atoms with E-state index in [-0.39, 0.29) is 24.1 Å². The maximum Gasteiger partial charge on any atom is 0.252 e. The van der Waals surface area contributed by atoms with Crippen molar-refractivity contribution < 1.29 is 14.4 Å². The minimum atomic E-state index is -0.681. The Bertz CT molecular complexity index is 1230. The van der Waals surface area contributed by atoms with Crippen LogP contribution in [0.25, 0.3) is 12.2 Å². The number of ketones is 1. The summed E-state index contributed by atoms with van der Waals surface area (Å²) < 4.78 is 0. The predicted octanol–water partition coefficient (Wildman–Crippen LogP) is 5.21. The lowest BCUT2D eigenvalue weighted by Gasteiger charge is -2.18. The summed E-state index contributed by atoms with van der Waals surface area (Å²) in [6.07, 6.45) is 6.08. The maximum absolute atomic E-state index is 13.3. The predicted molar refractivity (Wildman–Crippen MR) is 154 cm³/mol. The average Bonchev–Trinajstić information content (AvgIpc) is 2.93. The fourth-order valence-corrected chi connectivity index (χ4v) is 4.07. The Labute approximate surface area is 225 Å². The summed E-state index contributed by atoms with van der Waals surface area (Å²) in [5, 5.41) is 5.60. The molecule has 0 saturated heterocycles. The number of amides is 2. The van der Waals surface area contributed by atoms with Crippen molar-refractivity contribution in [2.75, 3.05) is 20.6 Å². The van der Waals surface area contributed by atoms with Crippen molar-refractivity contribution in [1.29, 1.82) is 0 Å². The number of Topliss-reactive ketones (excluding diaryl/α,β-unsaturated/α-hetero) is 1. The molecule has 38 heavy (non-hydrogen) atoms. The Hall–Kier alpha value is -4.03. The van der Waals surface area contributed by atoms with Crippen molar-refractivity contribution in [1.82, 2.24) is 15.5 Å². The van der Waals surface area contributed by atoms with Gasteiger partial charge in [-0.15, -0.1) is 0 Å². The number of hydrogen-bond acceptors (Lipinski definition) is 4. The number of hydrogen-bond donors (Lipinski definition) is 2. The number of unbranched alkanes of at least 4 members (excludes halogenated alkanes) is 1. The summed E-state index contributed by atoms with van der Waals surface area (Å²) in [6.45, 7) is 2.77. The van der Waals surface area contributed by atoms with Gasteiger partial charge in [0.1, 0.15) is 0 Å². The van der Waals surface area contributed by atoms with Gasteiger partial charge in [-0.25, -0.2) is 0 Å². The van der Waals surface area contributed by atoms with E-state index in [9.17, 15) is 14.4 Å². The van der Waals surface area contributed by atoms with Gasteiger partial charge < -0.3 is 15.5 Å². The molecule has 0 spiro atoms. The van der Waals surface area contributed by atoms with E-state index in [1.807, 2.05) is 57.4 Å². The van der Waals surface area contributed by atoms with Crippen LogP contribution in [0, 0.1) is 0 Å². The van der Waals surface area contributed by atoms with Crippen LogP contribution in [-0.4, -0.2) is 49.2 Å². The number of rotatable bonds is 13. The quantitative estimate of drug-likeness (QED) is 0.309. The first-order valence-corrected chi connectivity index (χ1v) is 13.0. The topological polar surface area (TPSA) is 78.5 Å². The summed E-state index contributed by atoms with van der Waals surface area (Å²) in [7, 11) is 4.08. The van der Waals surface area contributed by atoms with E-state index in [2.05, 4.69) is 39.8 Å². The van der Waals surface area contributed by atoms with Gasteiger partial charge in [-0.1, -0.05) is 92.6 Å². The molecule has 198 valence electrons. The van der Waals surface area contributed by atoms with E-state index in [0.717, 1.165) is 30.5 Å². The average molecular weight is 512 g/mol. The van der Waals surface area contributed by atoms with Gasteiger partial charge in [0.15, 0.2) is 5.78 Å². The number of nitrogens with one attached hydrogen (secondary N) is 2. The molecular formula is C32H37N3O3. The van der Waals surface area contributed by atoms with Gasteiger partial charge in [-0.2, -0.15) is 0 Å². The number of carbonyl (C=O) groups is 3. The fourth-order valence-electron chi connectivity index (χ4n) is 4.07. The summed E-state index contributed by atoms with van der Waals surface area (Å²) in [6, 6.07) is 23.7. The van der Waals surface area contributed by atoms with Gasteiger partial charge >= 0.3 is 0 Å². The van der Waals surface area contributed by atoms with Crippen molar-refractivity contribution in [3.05, 3.63) is 107 Å². The highest BCUT2D eigenvalue weighted by molar-refractivity contribution is 6.02. The number of benzene rings is 3. The normalized spacial score (nSPS) is 11.9. The second-order valence-corrected chi connectivity index (χ2v) is 9.58. The molecular weight excluding hydrogens is 474 g/mol. The Morgan fingerprint density at radius 3 is 2.21 bits per heavy atom. The molecule has 6 nitrogen and oxygen atoms in total. The molecule has 0 bridgehead atoms. The van der Waals surface area contributed by atoms with Crippen molar-refractivity contribution in [2.45, 2.75) is 38.8 Å². The molecule has 0 aliphatic carbocycles. The maximum atomic E-state index is 13.3. The molecule has 6 heteroatoms.